The van der Waals surface area contributed by atoms with Crippen molar-refractivity contribution in [1.29, 1.82) is 0 Å². The van der Waals surface area contributed by atoms with Crippen LogP contribution in [0.25, 0.3) is 0 Å². The highest BCUT2D eigenvalue weighted by Crippen LogP contribution is 2.12. The second-order valence-corrected chi connectivity index (χ2v) is 5.45. The molecular weight excluding hydrogens is 276 g/mol. The largest absolute Gasteiger partial charge is 0.481 e. The molecule has 0 aliphatic heterocycles. The molecule has 3 N–H and O–H groups in total. The summed E-state index contributed by atoms with van der Waals surface area (Å²) >= 11 is 0. The van der Waals surface area contributed by atoms with Gasteiger partial charge in [-0.2, -0.15) is 0 Å². The van der Waals surface area contributed by atoms with Gasteiger partial charge in [0, 0.05) is 12.6 Å². The summed E-state index contributed by atoms with van der Waals surface area (Å²) in [5, 5.41) is 20.0. The molecule has 0 bridgehead atoms. The third-order valence-corrected chi connectivity index (χ3v) is 3.18. The van der Waals surface area contributed by atoms with Crippen molar-refractivity contribution in [2.24, 2.45) is 5.92 Å². The Morgan fingerprint density at radius 2 is 1.62 bits per heavy atom. The van der Waals surface area contributed by atoms with Gasteiger partial charge in [-0.05, 0) is 18.8 Å². The summed E-state index contributed by atoms with van der Waals surface area (Å²) in [5.74, 6) is -2.38. The van der Waals surface area contributed by atoms with Crippen LogP contribution >= 0.6 is 0 Å². The maximum atomic E-state index is 12.3. The lowest BCUT2D eigenvalue weighted by atomic mass is 10.1. The lowest BCUT2D eigenvalue weighted by Gasteiger charge is -2.33. The topological polar surface area (TPSA) is 107 Å². The molecule has 0 aliphatic rings. The molecule has 0 radical (unpaired) electrons. The van der Waals surface area contributed by atoms with Crippen LogP contribution in [0.15, 0.2) is 0 Å². The monoisotopic (exact) mass is 302 g/mol. The van der Waals surface area contributed by atoms with Crippen molar-refractivity contribution in [2.75, 3.05) is 6.54 Å². The first-order chi connectivity index (χ1) is 9.72. The fourth-order valence-corrected chi connectivity index (χ4v) is 2.13. The lowest BCUT2D eigenvalue weighted by Crippen LogP contribution is -2.52. The highest BCUT2D eigenvalue weighted by Gasteiger charge is 2.28. The molecule has 0 aromatic carbocycles. The fraction of sp³-hybridized carbons (Fsp3) is 0.786. The van der Waals surface area contributed by atoms with Gasteiger partial charge in [-0.25, -0.2) is 9.59 Å². The number of hydrogen-bond acceptors (Lipinski definition) is 3. The lowest BCUT2D eigenvalue weighted by molar-refractivity contribution is -0.145. The molecule has 7 heteroatoms. The molecule has 21 heavy (non-hydrogen) atoms. The van der Waals surface area contributed by atoms with Crippen LogP contribution in [0.2, 0.25) is 0 Å². The molecule has 1 atom stereocenters. The Balaban J connectivity index is 5.00. The zero-order chi connectivity index (χ0) is 16.6. The molecule has 0 saturated carbocycles. The van der Waals surface area contributed by atoms with E-state index < -0.39 is 30.4 Å². The van der Waals surface area contributed by atoms with E-state index in [2.05, 4.69) is 5.32 Å². The van der Waals surface area contributed by atoms with Crippen molar-refractivity contribution in [1.82, 2.24) is 10.2 Å². The third-order valence-electron chi connectivity index (χ3n) is 3.18. The van der Waals surface area contributed by atoms with E-state index in [1.807, 2.05) is 27.7 Å². The van der Waals surface area contributed by atoms with E-state index in [-0.39, 0.29) is 12.0 Å². The summed E-state index contributed by atoms with van der Waals surface area (Å²) in [7, 11) is 0. The third kappa shape index (κ3) is 6.97. The number of carboxylic acids is 2. The predicted octanol–water partition coefficient (Wildman–Crippen LogP) is 1.77. The molecule has 0 aliphatic carbocycles. The first kappa shape index (κ1) is 19.2. The Kier molecular flexibility index (Phi) is 8.42. The van der Waals surface area contributed by atoms with Crippen molar-refractivity contribution >= 4 is 18.0 Å². The molecule has 0 spiro atoms. The number of carbonyl (C=O) groups excluding carboxylic acids is 1. The minimum Gasteiger partial charge on any atom is -0.481 e. The van der Waals surface area contributed by atoms with Crippen molar-refractivity contribution in [3.8, 4) is 0 Å². The minimum atomic E-state index is -1.42. The van der Waals surface area contributed by atoms with Crippen LogP contribution in [0.3, 0.4) is 0 Å². The highest BCUT2D eigenvalue weighted by atomic mass is 16.4. The second-order valence-electron chi connectivity index (χ2n) is 5.45. The molecule has 2 amide bonds. The number of urea groups is 1. The first-order valence-electron chi connectivity index (χ1n) is 7.24. The molecule has 7 nitrogen and oxygen atoms in total. The van der Waals surface area contributed by atoms with Gasteiger partial charge in [-0.3, -0.25) is 4.79 Å². The molecule has 0 rings (SSSR count). The highest BCUT2D eigenvalue weighted by molar-refractivity contribution is 5.86. The Bertz CT molecular complexity index is 366. The maximum absolute atomic E-state index is 12.3. The van der Waals surface area contributed by atoms with Crippen molar-refractivity contribution in [3.63, 3.8) is 0 Å². The van der Waals surface area contributed by atoms with Crippen LogP contribution in [0.5, 0.6) is 0 Å². The number of hydrogen-bond donors (Lipinski definition) is 3. The zero-order valence-electron chi connectivity index (χ0n) is 13.1. The SMILES string of the molecule is CCC(CC)N(CC(C)C)C(=O)N[C@H](CC(=O)O)C(=O)O. The van der Waals surface area contributed by atoms with Crippen molar-refractivity contribution in [2.45, 2.75) is 59.0 Å². The number of aliphatic carboxylic acids is 2. The number of carboxylic acid groups (broad SMARTS) is 2. The molecule has 0 unspecified atom stereocenters. The number of rotatable bonds is 9. The summed E-state index contributed by atoms with van der Waals surface area (Å²) < 4.78 is 0. The quantitative estimate of drug-likeness (QED) is 0.601. The van der Waals surface area contributed by atoms with Gasteiger partial charge in [0.1, 0.15) is 6.04 Å². The van der Waals surface area contributed by atoms with Crippen LogP contribution < -0.4 is 5.32 Å². The maximum Gasteiger partial charge on any atom is 0.326 e. The average Bonchev–Trinajstić information content (AvgIpc) is 2.36. The van der Waals surface area contributed by atoms with E-state index in [1.165, 1.54) is 0 Å². The predicted molar refractivity (Wildman–Crippen MR) is 78.1 cm³/mol. The molecule has 0 aromatic rings. The van der Waals surface area contributed by atoms with E-state index in [0.29, 0.717) is 6.54 Å². The van der Waals surface area contributed by atoms with Gasteiger partial charge in [0.25, 0.3) is 0 Å². The molecule has 0 heterocycles. The summed E-state index contributed by atoms with van der Waals surface area (Å²) in [6.45, 7) is 8.35. The fourth-order valence-electron chi connectivity index (χ4n) is 2.13. The molecule has 0 fully saturated rings. The zero-order valence-corrected chi connectivity index (χ0v) is 13.1. The Hall–Kier alpha value is -1.79. The van der Waals surface area contributed by atoms with Crippen LogP contribution in [-0.4, -0.2) is 51.7 Å². The standard InChI is InChI=1S/C14H26N2O5/c1-5-10(6-2)16(8-9(3)4)14(21)15-11(13(19)20)7-12(17)18/h9-11H,5-8H2,1-4H3,(H,15,21)(H,17,18)(H,19,20)/t11-/m1/s1. The van der Waals surface area contributed by atoms with Crippen LogP contribution in [0.1, 0.15) is 47.0 Å². The van der Waals surface area contributed by atoms with E-state index >= 15 is 0 Å². The molecule has 0 aromatic heterocycles. The summed E-state index contributed by atoms with van der Waals surface area (Å²) in [6, 6.07) is -1.93. The number of nitrogens with one attached hydrogen (secondary N) is 1. The van der Waals surface area contributed by atoms with Gasteiger partial charge >= 0.3 is 18.0 Å². The van der Waals surface area contributed by atoms with Gasteiger partial charge in [0.2, 0.25) is 0 Å². The summed E-state index contributed by atoms with van der Waals surface area (Å²) in [4.78, 5) is 35.6. The van der Waals surface area contributed by atoms with Gasteiger partial charge in [-0.15, -0.1) is 0 Å². The van der Waals surface area contributed by atoms with Gasteiger partial charge in [-0.1, -0.05) is 27.7 Å². The number of carbonyl (C=O) groups is 3. The van der Waals surface area contributed by atoms with Crippen LogP contribution in [0.4, 0.5) is 4.79 Å². The van der Waals surface area contributed by atoms with E-state index in [0.717, 1.165) is 12.8 Å². The normalized spacial score (nSPS) is 12.3. The number of amides is 2. The summed E-state index contributed by atoms with van der Waals surface area (Å²) in [6.07, 6.45) is 0.875. The average molecular weight is 302 g/mol. The first-order valence-corrected chi connectivity index (χ1v) is 7.24. The van der Waals surface area contributed by atoms with Crippen molar-refractivity contribution in [3.05, 3.63) is 0 Å². The molecule has 0 saturated heterocycles. The summed E-state index contributed by atoms with van der Waals surface area (Å²) in [5.41, 5.74) is 0. The minimum absolute atomic E-state index is 0.00618. The van der Waals surface area contributed by atoms with Gasteiger partial charge in [0.15, 0.2) is 0 Å². The Morgan fingerprint density at radius 1 is 1.10 bits per heavy atom. The molecule has 122 valence electrons. The van der Waals surface area contributed by atoms with Gasteiger partial charge in [0.05, 0.1) is 6.42 Å². The molecular formula is C14H26N2O5. The van der Waals surface area contributed by atoms with Crippen molar-refractivity contribution < 1.29 is 24.6 Å². The van der Waals surface area contributed by atoms with Gasteiger partial charge < -0.3 is 20.4 Å². The second kappa shape index (κ2) is 9.20. The Labute approximate surface area is 125 Å². The smallest absolute Gasteiger partial charge is 0.326 e. The van der Waals surface area contributed by atoms with E-state index in [9.17, 15) is 14.4 Å². The number of nitrogens with zero attached hydrogens (tertiary/aromatic N) is 1. The van der Waals surface area contributed by atoms with E-state index in [1.54, 1.807) is 4.90 Å². The van der Waals surface area contributed by atoms with Crippen LogP contribution in [0, 0.1) is 5.92 Å². The van der Waals surface area contributed by atoms with E-state index in [4.69, 9.17) is 10.2 Å². The Morgan fingerprint density at radius 3 is 1.95 bits per heavy atom. The van der Waals surface area contributed by atoms with Crippen LogP contribution in [-0.2, 0) is 9.59 Å².